The number of rotatable bonds is 10. The Kier molecular flexibility index (Phi) is 7.32. The first-order valence-corrected chi connectivity index (χ1v) is 9.28. The van der Waals surface area contributed by atoms with Crippen LogP contribution in [0.1, 0.15) is 25.0 Å². The number of likely N-dealkylation sites (N-methyl/N-ethyl adjacent to an activating group) is 1. The van der Waals surface area contributed by atoms with E-state index in [-0.39, 0.29) is 0 Å². The van der Waals surface area contributed by atoms with Crippen molar-refractivity contribution >= 4 is 0 Å². The van der Waals surface area contributed by atoms with Gasteiger partial charge in [0.05, 0.1) is 14.1 Å². The van der Waals surface area contributed by atoms with E-state index in [1.165, 1.54) is 11.1 Å². The molecular formula is C22H32NO2+. The average Bonchev–Trinajstić information content (AvgIpc) is 2.62. The van der Waals surface area contributed by atoms with E-state index >= 15 is 0 Å². The van der Waals surface area contributed by atoms with Gasteiger partial charge in [0, 0.05) is 0 Å². The van der Waals surface area contributed by atoms with Crippen LogP contribution in [-0.2, 0) is 12.8 Å². The van der Waals surface area contributed by atoms with Crippen LogP contribution in [0.4, 0.5) is 0 Å². The van der Waals surface area contributed by atoms with Gasteiger partial charge in [0.15, 0.2) is 0 Å². The lowest BCUT2D eigenvalue weighted by molar-refractivity contribution is -0.890. The van der Waals surface area contributed by atoms with E-state index in [0.29, 0.717) is 13.2 Å². The number of hydrogen-bond donors (Lipinski definition) is 0. The van der Waals surface area contributed by atoms with Crippen molar-refractivity contribution in [2.45, 2.75) is 26.7 Å². The van der Waals surface area contributed by atoms with Crippen molar-refractivity contribution in [1.82, 2.24) is 0 Å². The van der Waals surface area contributed by atoms with Crippen LogP contribution in [0, 0.1) is 0 Å². The molecule has 2 aromatic carbocycles. The second-order valence-electron chi connectivity index (χ2n) is 7.07. The van der Waals surface area contributed by atoms with Gasteiger partial charge in [-0.1, -0.05) is 38.1 Å². The van der Waals surface area contributed by atoms with Gasteiger partial charge in [-0.15, -0.1) is 0 Å². The molecule has 0 aliphatic carbocycles. The number of quaternary nitrogens is 1. The van der Waals surface area contributed by atoms with Gasteiger partial charge in [-0.3, -0.25) is 0 Å². The zero-order chi connectivity index (χ0) is 18.1. The van der Waals surface area contributed by atoms with Crippen LogP contribution in [0.15, 0.2) is 48.5 Å². The summed E-state index contributed by atoms with van der Waals surface area (Å²) in [5.41, 5.74) is 2.68. The topological polar surface area (TPSA) is 18.5 Å². The first-order valence-electron chi connectivity index (χ1n) is 9.28. The molecule has 0 aliphatic heterocycles. The molecule has 136 valence electrons. The van der Waals surface area contributed by atoms with Crippen LogP contribution in [0.25, 0.3) is 0 Å². The van der Waals surface area contributed by atoms with Crippen LogP contribution in [0.5, 0.6) is 11.5 Å². The highest BCUT2D eigenvalue weighted by molar-refractivity contribution is 5.27. The van der Waals surface area contributed by atoms with Crippen LogP contribution >= 0.6 is 0 Å². The monoisotopic (exact) mass is 342 g/mol. The SMILES string of the molecule is CCc1ccc(OCC[N+](C)(C)CCOc2ccc(CC)cc2)cc1. The highest BCUT2D eigenvalue weighted by atomic mass is 16.5. The molecule has 2 aromatic rings. The van der Waals surface area contributed by atoms with E-state index in [1.807, 2.05) is 0 Å². The summed E-state index contributed by atoms with van der Waals surface area (Å²) < 4.78 is 12.6. The van der Waals surface area contributed by atoms with Crippen LogP contribution in [-0.4, -0.2) is 44.9 Å². The first-order chi connectivity index (χ1) is 12.0. The van der Waals surface area contributed by atoms with Gasteiger partial charge in [0.2, 0.25) is 0 Å². The van der Waals surface area contributed by atoms with Crippen LogP contribution in [0.2, 0.25) is 0 Å². The molecule has 0 amide bonds. The van der Waals surface area contributed by atoms with E-state index in [0.717, 1.165) is 41.9 Å². The lowest BCUT2D eigenvalue weighted by Crippen LogP contribution is -2.45. The molecule has 0 heterocycles. The van der Waals surface area contributed by atoms with Crippen molar-refractivity contribution in [3.8, 4) is 11.5 Å². The molecule has 0 aromatic heterocycles. The molecule has 0 N–H and O–H groups in total. The Balaban J connectivity index is 1.69. The predicted molar refractivity (Wildman–Crippen MR) is 104 cm³/mol. The summed E-state index contributed by atoms with van der Waals surface area (Å²) in [5.74, 6) is 1.90. The van der Waals surface area contributed by atoms with E-state index in [1.54, 1.807) is 0 Å². The second-order valence-corrected chi connectivity index (χ2v) is 7.07. The highest BCUT2D eigenvalue weighted by Gasteiger charge is 2.15. The van der Waals surface area contributed by atoms with Gasteiger partial charge < -0.3 is 14.0 Å². The predicted octanol–water partition coefficient (Wildman–Crippen LogP) is 4.35. The Morgan fingerprint density at radius 2 is 1.00 bits per heavy atom. The third kappa shape index (κ3) is 6.79. The summed E-state index contributed by atoms with van der Waals surface area (Å²) in [5, 5.41) is 0. The Morgan fingerprint density at radius 3 is 1.32 bits per heavy atom. The molecule has 0 bridgehead atoms. The standard InChI is InChI=1S/C22H32NO2/c1-5-19-7-11-21(12-8-19)24-17-15-23(3,4)16-18-25-22-13-9-20(6-2)10-14-22/h7-14H,5-6,15-18H2,1-4H3/q+1. The third-order valence-corrected chi connectivity index (χ3v) is 4.59. The number of ether oxygens (including phenoxy) is 2. The molecule has 2 rings (SSSR count). The van der Waals surface area contributed by atoms with E-state index in [4.69, 9.17) is 9.47 Å². The molecule has 0 unspecified atom stereocenters. The minimum Gasteiger partial charge on any atom is -0.488 e. The van der Waals surface area contributed by atoms with Gasteiger partial charge in [-0.05, 0) is 48.2 Å². The Bertz CT molecular complexity index is 562. The van der Waals surface area contributed by atoms with Crippen molar-refractivity contribution in [3.05, 3.63) is 59.7 Å². The molecule has 25 heavy (non-hydrogen) atoms. The first kappa shape index (κ1) is 19.3. The van der Waals surface area contributed by atoms with Crippen molar-refractivity contribution in [2.24, 2.45) is 0 Å². The molecule has 0 fully saturated rings. The normalized spacial score (nSPS) is 11.4. The summed E-state index contributed by atoms with van der Waals surface area (Å²) in [6.45, 7) is 7.65. The van der Waals surface area contributed by atoms with Crippen LogP contribution in [0.3, 0.4) is 0 Å². The zero-order valence-electron chi connectivity index (χ0n) is 16.1. The number of aryl methyl sites for hydroxylation is 2. The van der Waals surface area contributed by atoms with Gasteiger partial charge in [0.25, 0.3) is 0 Å². The van der Waals surface area contributed by atoms with Crippen LogP contribution < -0.4 is 9.47 Å². The van der Waals surface area contributed by atoms with Crippen molar-refractivity contribution < 1.29 is 14.0 Å². The Morgan fingerprint density at radius 1 is 0.640 bits per heavy atom. The summed E-state index contributed by atoms with van der Waals surface area (Å²) in [6.07, 6.45) is 2.12. The second kappa shape index (κ2) is 9.47. The summed E-state index contributed by atoms with van der Waals surface area (Å²) >= 11 is 0. The quantitative estimate of drug-likeness (QED) is 0.598. The van der Waals surface area contributed by atoms with Gasteiger partial charge in [-0.2, -0.15) is 0 Å². The van der Waals surface area contributed by atoms with Crippen molar-refractivity contribution in [3.63, 3.8) is 0 Å². The fourth-order valence-electron chi connectivity index (χ4n) is 2.58. The smallest absolute Gasteiger partial charge is 0.137 e. The minimum absolute atomic E-state index is 0.712. The Labute approximate surface area is 152 Å². The van der Waals surface area contributed by atoms with Gasteiger partial charge in [-0.25, -0.2) is 0 Å². The molecule has 3 heteroatoms. The maximum atomic E-state index is 5.88. The molecule has 3 nitrogen and oxygen atoms in total. The molecule has 0 spiro atoms. The fourth-order valence-corrected chi connectivity index (χ4v) is 2.58. The molecule has 0 saturated heterocycles. The molecule has 0 aliphatic rings. The van der Waals surface area contributed by atoms with E-state index in [9.17, 15) is 0 Å². The Hall–Kier alpha value is -2.00. The lowest BCUT2D eigenvalue weighted by atomic mass is 10.2. The van der Waals surface area contributed by atoms with E-state index in [2.05, 4.69) is 76.5 Å². The van der Waals surface area contributed by atoms with Gasteiger partial charge >= 0.3 is 0 Å². The summed E-state index contributed by atoms with van der Waals surface area (Å²) in [4.78, 5) is 0. The van der Waals surface area contributed by atoms with Gasteiger partial charge in [0.1, 0.15) is 37.8 Å². The molecule has 0 atom stereocenters. The average molecular weight is 343 g/mol. The summed E-state index contributed by atoms with van der Waals surface area (Å²) in [7, 11) is 4.43. The maximum Gasteiger partial charge on any atom is 0.137 e. The largest absolute Gasteiger partial charge is 0.488 e. The lowest BCUT2D eigenvalue weighted by Gasteiger charge is -2.29. The fraction of sp³-hybridized carbons (Fsp3) is 0.455. The number of benzene rings is 2. The zero-order valence-corrected chi connectivity index (χ0v) is 16.1. The molecule has 0 radical (unpaired) electrons. The molecule has 0 saturated carbocycles. The number of nitrogens with zero attached hydrogens (tertiary/aromatic N) is 1. The summed E-state index contributed by atoms with van der Waals surface area (Å²) in [6, 6.07) is 16.8. The number of hydrogen-bond acceptors (Lipinski definition) is 2. The third-order valence-electron chi connectivity index (χ3n) is 4.59. The molecular weight excluding hydrogens is 310 g/mol. The van der Waals surface area contributed by atoms with Crippen molar-refractivity contribution in [1.29, 1.82) is 0 Å². The van der Waals surface area contributed by atoms with E-state index < -0.39 is 0 Å². The minimum atomic E-state index is 0.712. The van der Waals surface area contributed by atoms with Crippen molar-refractivity contribution in [2.75, 3.05) is 40.4 Å². The maximum absolute atomic E-state index is 5.88. The highest BCUT2D eigenvalue weighted by Crippen LogP contribution is 2.14.